The normalized spacial score (nSPS) is 11.9. The largest absolute Gasteiger partial charge is 0.382 e. The third kappa shape index (κ3) is 7.91. The number of aliphatic imine (C=N–C) groups is 1. The fraction of sp³-hybridized carbons (Fsp3) is 0.379. The second-order valence-corrected chi connectivity index (χ2v) is 9.09. The van der Waals surface area contributed by atoms with Gasteiger partial charge in [-0.2, -0.15) is 0 Å². The van der Waals surface area contributed by atoms with Crippen LogP contribution in [0.4, 0.5) is 0 Å². The Hall–Kier alpha value is -3.22. The number of hydrogen-bond acceptors (Lipinski definition) is 5. The van der Waals surface area contributed by atoms with Crippen molar-refractivity contribution in [1.29, 1.82) is 0 Å². The Bertz CT molecular complexity index is 1070. The number of nitrogens with zero attached hydrogens (tertiary/aromatic N) is 4. The van der Waals surface area contributed by atoms with Crippen molar-refractivity contribution in [1.82, 2.24) is 25.1 Å². The molecule has 0 fully saturated rings. The molecule has 0 amide bonds. The van der Waals surface area contributed by atoms with Crippen LogP contribution in [0.1, 0.15) is 38.1 Å². The molecule has 0 atom stereocenters. The molecule has 0 saturated heterocycles. The second-order valence-electron chi connectivity index (χ2n) is 9.09. The molecule has 35 heavy (non-hydrogen) atoms. The average Bonchev–Trinajstić information content (AvgIpc) is 3.32. The van der Waals surface area contributed by atoms with E-state index in [1.54, 1.807) is 6.20 Å². The van der Waals surface area contributed by atoms with Gasteiger partial charge in [-0.3, -0.25) is 9.89 Å². The lowest BCUT2D eigenvalue weighted by Crippen LogP contribution is -2.29. The summed E-state index contributed by atoms with van der Waals surface area (Å²) in [5, 5.41) is 3.51. The van der Waals surface area contributed by atoms with Gasteiger partial charge in [-0.05, 0) is 69.0 Å². The Balaban J connectivity index is 1.64. The molecule has 2 N–H and O–H groups in total. The minimum atomic E-state index is 0.834. The van der Waals surface area contributed by atoms with E-state index in [0.717, 1.165) is 73.9 Å². The first-order valence-electron chi connectivity index (χ1n) is 12.6. The number of aromatic amines is 1. The molecule has 1 aromatic heterocycles. The standard InChI is InChI=1S/C29H40N6/c1-6-17-34(4)19-16-31-27(20-30-3)25-12-8-23(9-13-25)24-10-14-26(15-11-24)28-21-32-29(33-28)22-35(5)18-7-2/h8-15,20-21,31H,3,6-7,16-19,22H2,1-2,4-5H3,(H,32,33)/b27-20-. The topological polar surface area (TPSA) is 59.6 Å². The smallest absolute Gasteiger partial charge is 0.120 e. The molecular weight excluding hydrogens is 432 g/mol. The van der Waals surface area contributed by atoms with Crippen LogP contribution in [-0.2, 0) is 6.54 Å². The molecule has 3 rings (SSSR count). The predicted octanol–water partition coefficient (Wildman–Crippen LogP) is 5.52. The highest BCUT2D eigenvalue weighted by atomic mass is 15.1. The number of rotatable bonds is 14. The first kappa shape index (κ1) is 26.4. The molecular formula is C29H40N6. The summed E-state index contributed by atoms with van der Waals surface area (Å²) in [6, 6.07) is 17.2. The Morgan fingerprint density at radius 3 is 2.14 bits per heavy atom. The van der Waals surface area contributed by atoms with E-state index in [-0.39, 0.29) is 0 Å². The zero-order valence-electron chi connectivity index (χ0n) is 21.7. The van der Waals surface area contributed by atoms with Crippen LogP contribution in [0.2, 0.25) is 0 Å². The molecule has 0 aliphatic carbocycles. The molecule has 0 radical (unpaired) electrons. The van der Waals surface area contributed by atoms with Crippen molar-refractivity contribution in [3.05, 3.63) is 72.3 Å². The fourth-order valence-electron chi connectivity index (χ4n) is 4.18. The molecule has 186 valence electrons. The minimum absolute atomic E-state index is 0.834. The summed E-state index contributed by atoms with van der Waals surface area (Å²) in [6.45, 7) is 12.9. The molecule has 0 unspecified atom stereocenters. The van der Waals surface area contributed by atoms with Gasteiger partial charge in [-0.1, -0.05) is 62.4 Å². The van der Waals surface area contributed by atoms with E-state index < -0.39 is 0 Å². The maximum absolute atomic E-state index is 4.55. The van der Waals surface area contributed by atoms with Crippen molar-refractivity contribution in [2.75, 3.05) is 40.3 Å². The highest BCUT2D eigenvalue weighted by Gasteiger charge is 2.08. The van der Waals surface area contributed by atoms with Gasteiger partial charge < -0.3 is 15.2 Å². The Morgan fingerprint density at radius 1 is 0.914 bits per heavy atom. The van der Waals surface area contributed by atoms with Gasteiger partial charge in [0.25, 0.3) is 0 Å². The summed E-state index contributed by atoms with van der Waals surface area (Å²) in [6.07, 6.45) is 6.02. The van der Waals surface area contributed by atoms with Crippen LogP contribution in [-0.4, -0.2) is 66.8 Å². The Morgan fingerprint density at radius 2 is 1.51 bits per heavy atom. The summed E-state index contributed by atoms with van der Waals surface area (Å²) < 4.78 is 0. The third-order valence-electron chi connectivity index (χ3n) is 6.01. The van der Waals surface area contributed by atoms with Crippen molar-refractivity contribution in [2.24, 2.45) is 4.99 Å². The van der Waals surface area contributed by atoms with Crippen LogP contribution >= 0.6 is 0 Å². The minimum Gasteiger partial charge on any atom is -0.382 e. The van der Waals surface area contributed by atoms with Crippen LogP contribution in [0, 0.1) is 0 Å². The van der Waals surface area contributed by atoms with Crippen molar-refractivity contribution in [2.45, 2.75) is 33.2 Å². The molecule has 0 spiro atoms. The monoisotopic (exact) mass is 472 g/mol. The number of hydrogen-bond donors (Lipinski definition) is 2. The van der Waals surface area contributed by atoms with Gasteiger partial charge in [0.2, 0.25) is 0 Å². The lowest BCUT2D eigenvalue weighted by molar-refractivity contribution is 0.320. The van der Waals surface area contributed by atoms with Crippen LogP contribution in [0.3, 0.4) is 0 Å². The van der Waals surface area contributed by atoms with E-state index in [1.165, 1.54) is 11.1 Å². The van der Waals surface area contributed by atoms with Crippen molar-refractivity contribution >= 4 is 12.4 Å². The van der Waals surface area contributed by atoms with Crippen molar-refractivity contribution in [3.63, 3.8) is 0 Å². The summed E-state index contributed by atoms with van der Waals surface area (Å²) >= 11 is 0. The lowest BCUT2D eigenvalue weighted by atomic mass is 10.0. The molecule has 0 aliphatic heterocycles. The first-order chi connectivity index (χ1) is 17.0. The zero-order chi connectivity index (χ0) is 25.0. The fourth-order valence-corrected chi connectivity index (χ4v) is 4.18. The number of nitrogens with one attached hydrogen (secondary N) is 2. The molecule has 6 heteroatoms. The molecule has 0 saturated carbocycles. The van der Waals surface area contributed by atoms with Gasteiger partial charge in [0, 0.05) is 19.3 Å². The molecule has 6 nitrogen and oxygen atoms in total. The van der Waals surface area contributed by atoms with Gasteiger partial charge >= 0.3 is 0 Å². The summed E-state index contributed by atoms with van der Waals surface area (Å²) in [4.78, 5) is 16.6. The summed E-state index contributed by atoms with van der Waals surface area (Å²) in [7, 11) is 4.28. The lowest BCUT2D eigenvalue weighted by Gasteiger charge is -2.17. The number of benzene rings is 2. The van der Waals surface area contributed by atoms with Gasteiger partial charge in [-0.25, -0.2) is 4.98 Å². The number of likely N-dealkylation sites (N-methyl/N-ethyl adjacent to an activating group) is 1. The van der Waals surface area contributed by atoms with Crippen LogP contribution in [0.15, 0.2) is 65.9 Å². The summed E-state index contributed by atoms with van der Waals surface area (Å²) in [5.74, 6) is 0.999. The van der Waals surface area contributed by atoms with E-state index >= 15 is 0 Å². The average molecular weight is 473 g/mol. The van der Waals surface area contributed by atoms with Gasteiger partial charge in [0.05, 0.1) is 24.1 Å². The van der Waals surface area contributed by atoms with Crippen molar-refractivity contribution in [3.8, 4) is 22.4 Å². The number of H-pyrrole nitrogens is 1. The molecule has 1 heterocycles. The molecule has 0 aliphatic rings. The van der Waals surface area contributed by atoms with Crippen LogP contribution in [0.5, 0.6) is 0 Å². The highest BCUT2D eigenvalue weighted by molar-refractivity contribution is 5.72. The Kier molecular flexibility index (Phi) is 10.3. The van der Waals surface area contributed by atoms with E-state index in [0.29, 0.717) is 0 Å². The van der Waals surface area contributed by atoms with Gasteiger partial charge in [0.15, 0.2) is 0 Å². The van der Waals surface area contributed by atoms with E-state index in [2.05, 4.69) is 113 Å². The number of imidazole rings is 1. The van der Waals surface area contributed by atoms with E-state index in [1.807, 2.05) is 6.20 Å². The molecule has 2 aromatic carbocycles. The second kappa shape index (κ2) is 13.6. The highest BCUT2D eigenvalue weighted by Crippen LogP contribution is 2.25. The predicted molar refractivity (Wildman–Crippen MR) is 149 cm³/mol. The van der Waals surface area contributed by atoms with E-state index in [9.17, 15) is 0 Å². The SMILES string of the molecule is C=N/C=C(\NCCN(C)CCC)c1ccc(-c2ccc(-c3cnc(CN(C)CCC)[nH]3)cc2)cc1. The van der Waals surface area contributed by atoms with Crippen LogP contribution < -0.4 is 5.32 Å². The maximum Gasteiger partial charge on any atom is 0.120 e. The third-order valence-corrected chi connectivity index (χ3v) is 6.01. The molecule has 3 aromatic rings. The van der Waals surface area contributed by atoms with Crippen LogP contribution in [0.25, 0.3) is 28.1 Å². The quantitative estimate of drug-likeness (QED) is 0.304. The number of aromatic nitrogens is 2. The van der Waals surface area contributed by atoms with Gasteiger partial charge in [-0.15, -0.1) is 0 Å². The Labute approximate surface area is 210 Å². The maximum atomic E-state index is 4.55. The van der Waals surface area contributed by atoms with Gasteiger partial charge in [0.1, 0.15) is 5.82 Å². The summed E-state index contributed by atoms with van der Waals surface area (Å²) in [5.41, 5.74) is 6.65. The first-order valence-corrected chi connectivity index (χ1v) is 12.6. The van der Waals surface area contributed by atoms with E-state index in [4.69, 9.17) is 0 Å². The molecule has 0 bridgehead atoms. The van der Waals surface area contributed by atoms with Crippen molar-refractivity contribution < 1.29 is 0 Å². The zero-order valence-corrected chi connectivity index (χ0v) is 21.7.